The van der Waals surface area contributed by atoms with Gasteiger partial charge in [-0.3, -0.25) is 0 Å². The number of hydrogen-bond acceptors (Lipinski definition) is 2. The van der Waals surface area contributed by atoms with Crippen LogP contribution in [0.2, 0.25) is 0 Å². The van der Waals surface area contributed by atoms with Crippen molar-refractivity contribution in [1.29, 1.82) is 0 Å². The first-order valence-electron chi connectivity index (χ1n) is 5.67. The second-order valence-electron chi connectivity index (χ2n) is 3.91. The average Bonchev–Trinajstić information content (AvgIpc) is 2.39. The second kappa shape index (κ2) is 5.23. The number of anilines is 1. The molecule has 0 radical (unpaired) electrons. The fourth-order valence-electron chi connectivity index (χ4n) is 1.71. The van der Waals surface area contributed by atoms with Crippen LogP contribution < -0.4 is 16.8 Å². The van der Waals surface area contributed by atoms with E-state index in [4.69, 9.17) is 11.5 Å². The molecule has 0 aliphatic carbocycles. The number of nitrogens with one attached hydrogen (secondary N) is 1. The molecule has 5 N–H and O–H groups in total. The van der Waals surface area contributed by atoms with E-state index in [0.29, 0.717) is 0 Å². The molecule has 0 saturated carbocycles. The van der Waals surface area contributed by atoms with Crippen LogP contribution in [0.15, 0.2) is 53.5 Å². The van der Waals surface area contributed by atoms with Gasteiger partial charge in [-0.25, -0.2) is 4.99 Å². The molecule has 0 atom stereocenters. The topological polar surface area (TPSA) is 76.4 Å². The van der Waals surface area contributed by atoms with Crippen LogP contribution in [0.4, 0.5) is 11.4 Å². The Morgan fingerprint density at radius 1 is 0.889 bits per heavy atom. The van der Waals surface area contributed by atoms with Gasteiger partial charge < -0.3 is 16.8 Å². The Morgan fingerprint density at radius 2 is 1.39 bits per heavy atom. The zero-order valence-electron chi connectivity index (χ0n) is 10.2. The van der Waals surface area contributed by atoms with Crippen molar-refractivity contribution < 1.29 is 0 Å². The van der Waals surface area contributed by atoms with Gasteiger partial charge in [-0.05, 0) is 35.4 Å². The lowest BCUT2D eigenvalue weighted by atomic mass is 10.1. The molecule has 2 rings (SSSR count). The first-order chi connectivity index (χ1) is 8.69. The van der Waals surface area contributed by atoms with Crippen molar-refractivity contribution in [3.63, 3.8) is 0 Å². The molecule has 4 heteroatoms. The van der Waals surface area contributed by atoms with E-state index >= 15 is 0 Å². The van der Waals surface area contributed by atoms with Gasteiger partial charge in [0, 0.05) is 12.7 Å². The third kappa shape index (κ3) is 2.79. The third-order valence-corrected chi connectivity index (χ3v) is 2.63. The third-order valence-electron chi connectivity index (χ3n) is 2.63. The van der Waals surface area contributed by atoms with Crippen molar-refractivity contribution in [3.05, 3.63) is 48.5 Å². The van der Waals surface area contributed by atoms with Crippen molar-refractivity contribution in [2.45, 2.75) is 0 Å². The van der Waals surface area contributed by atoms with Crippen LogP contribution in [-0.4, -0.2) is 13.0 Å². The average molecular weight is 240 g/mol. The Kier molecular flexibility index (Phi) is 3.48. The molecular weight excluding hydrogens is 224 g/mol. The van der Waals surface area contributed by atoms with Gasteiger partial charge in [0.2, 0.25) is 0 Å². The van der Waals surface area contributed by atoms with E-state index in [0.717, 1.165) is 22.5 Å². The summed E-state index contributed by atoms with van der Waals surface area (Å²) in [6.07, 6.45) is 0. The van der Waals surface area contributed by atoms with Crippen LogP contribution >= 0.6 is 0 Å². The SMILES string of the molecule is CNc1ccc(-c2ccc(N=C(N)N)cc2)cc1. The van der Waals surface area contributed by atoms with Crippen molar-refractivity contribution in [2.24, 2.45) is 16.5 Å². The highest BCUT2D eigenvalue weighted by molar-refractivity contribution is 5.79. The molecule has 0 saturated heterocycles. The lowest BCUT2D eigenvalue weighted by molar-refractivity contribution is 1.42. The maximum absolute atomic E-state index is 5.33. The van der Waals surface area contributed by atoms with Crippen molar-refractivity contribution in [1.82, 2.24) is 0 Å². The van der Waals surface area contributed by atoms with Gasteiger partial charge in [0.05, 0.1) is 5.69 Å². The Bertz CT molecular complexity index is 537. The van der Waals surface area contributed by atoms with E-state index in [-0.39, 0.29) is 5.96 Å². The van der Waals surface area contributed by atoms with E-state index in [1.807, 2.05) is 43.4 Å². The molecule has 0 amide bonds. The van der Waals surface area contributed by atoms with Gasteiger partial charge in [-0.15, -0.1) is 0 Å². The first-order valence-corrected chi connectivity index (χ1v) is 5.67. The number of hydrogen-bond donors (Lipinski definition) is 3. The molecule has 0 spiro atoms. The Morgan fingerprint density at radius 3 is 1.83 bits per heavy atom. The molecular formula is C14H16N4. The van der Waals surface area contributed by atoms with Gasteiger partial charge in [-0.1, -0.05) is 24.3 Å². The fourth-order valence-corrected chi connectivity index (χ4v) is 1.71. The predicted molar refractivity (Wildman–Crippen MR) is 76.9 cm³/mol. The van der Waals surface area contributed by atoms with Crippen molar-refractivity contribution in [2.75, 3.05) is 12.4 Å². The molecule has 2 aromatic carbocycles. The largest absolute Gasteiger partial charge is 0.388 e. The second-order valence-corrected chi connectivity index (χ2v) is 3.91. The molecule has 4 nitrogen and oxygen atoms in total. The fraction of sp³-hybridized carbons (Fsp3) is 0.0714. The first kappa shape index (κ1) is 12.0. The van der Waals surface area contributed by atoms with E-state index in [1.54, 1.807) is 0 Å². The number of nitrogens with two attached hydrogens (primary N) is 2. The van der Waals surface area contributed by atoms with Crippen LogP contribution in [0.25, 0.3) is 11.1 Å². The number of rotatable bonds is 3. The maximum atomic E-state index is 5.33. The standard InChI is InChI=1S/C14H16N4/c1-17-12-6-2-10(3-7-12)11-4-8-13(9-5-11)18-14(15)16/h2-9,17H,1H3,(H4,15,16,18). The van der Waals surface area contributed by atoms with E-state index in [2.05, 4.69) is 22.4 Å². The smallest absolute Gasteiger partial charge is 0.191 e. The molecule has 0 unspecified atom stereocenters. The van der Waals surface area contributed by atoms with Gasteiger partial charge in [0.15, 0.2) is 5.96 Å². The number of benzene rings is 2. The van der Waals surface area contributed by atoms with E-state index in [9.17, 15) is 0 Å². The molecule has 0 aliphatic heterocycles. The highest BCUT2D eigenvalue weighted by atomic mass is 15.0. The predicted octanol–water partition coefficient (Wildman–Crippen LogP) is 2.30. The monoisotopic (exact) mass is 240 g/mol. The molecule has 92 valence electrons. The number of guanidine groups is 1. The molecule has 0 heterocycles. The van der Waals surface area contributed by atoms with Crippen molar-refractivity contribution >= 4 is 17.3 Å². The normalized spacial score (nSPS) is 9.83. The highest BCUT2D eigenvalue weighted by Gasteiger charge is 1.98. The molecule has 0 aliphatic rings. The van der Waals surface area contributed by atoms with Crippen LogP contribution in [0.1, 0.15) is 0 Å². The van der Waals surface area contributed by atoms with E-state index in [1.165, 1.54) is 0 Å². The summed E-state index contributed by atoms with van der Waals surface area (Å²) in [6.45, 7) is 0. The Balaban J connectivity index is 2.25. The molecule has 0 aromatic heterocycles. The number of nitrogens with zero attached hydrogens (tertiary/aromatic N) is 1. The molecule has 0 bridgehead atoms. The minimum Gasteiger partial charge on any atom is -0.388 e. The van der Waals surface area contributed by atoms with Gasteiger partial charge >= 0.3 is 0 Å². The molecule has 2 aromatic rings. The summed E-state index contributed by atoms with van der Waals surface area (Å²) in [7, 11) is 1.90. The summed E-state index contributed by atoms with van der Waals surface area (Å²) in [5.41, 5.74) is 14.8. The van der Waals surface area contributed by atoms with Gasteiger partial charge in [0.25, 0.3) is 0 Å². The minimum absolute atomic E-state index is 0.0705. The zero-order valence-corrected chi connectivity index (χ0v) is 10.2. The lowest BCUT2D eigenvalue weighted by Gasteiger charge is -2.04. The summed E-state index contributed by atoms with van der Waals surface area (Å²) < 4.78 is 0. The summed E-state index contributed by atoms with van der Waals surface area (Å²) in [6, 6.07) is 16.0. The Hall–Kier alpha value is -2.49. The molecule has 0 fully saturated rings. The highest BCUT2D eigenvalue weighted by Crippen LogP contribution is 2.23. The van der Waals surface area contributed by atoms with Crippen molar-refractivity contribution in [3.8, 4) is 11.1 Å². The van der Waals surface area contributed by atoms with E-state index < -0.39 is 0 Å². The van der Waals surface area contributed by atoms with Crippen LogP contribution in [0.3, 0.4) is 0 Å². The van der Waals surface area contributed by atoms with Gasteiger partial charge in [0.1, 0.15) is 0 Å². The maximum Gasteiger partial charge on any atom is 0.191 e. The lowest BCUT2D eigenvalue weighted by Crippen LogP contribution is -2.21. The summed E-state index contributed by atoms with van der Waals surface area (Å²) in [4.78, 5) is 3.98. The van der Waals surface area contributed by atoms with Gasteiger partial charge in [-0.2, -0.15) is 0 Å². The number of aliphatic imine (C=N–C) groups is 1. The summed E-state index contributed by atoms with van der Waals surface area (Å²) in [5.74, 6) is 0.0705. The van der Waals surface area contributed by atoms with Crippen LogP contribution in [0.5, 0.6) is 0 Å². The summed E-state index contributed by atoms with van der Waals surface area (Å²) in [5, 5.41) is 3.09. The Labute approximate surface area is 106 Å². The molecule has 18 heavy (non-hydrogen) atoms. The quantitative estimate of drug-likeness (QED) is 0.569. The minimum atomic E-state index is 0.0705. The zero-order chi connectivity index (χ0) is 13.0. The van der Waals surface area contributed by atoms with Crippen LogP contribution in [-0.2, 0) is 0 Å². The summed E-state index contributed by atoms with van der Waals surface area (Å²) >= 11 is 0. The van der Waals surface area contributed by atoms with Crippen LogP contribution in [0, 0.1) is 0 Å².